The molecule has 0 radical (unpaired) electrons. The van der Waals surface area contributed by atoms with Crippen LogP contribution in [0.3, 0.4) is 0 Å². The number of likely N-dealkylation sites (tertiary alicyclic amines) is 2. The van der Waals surface area contributed by atoms with Gasteiger partial charge in [-0.15, -0.1) is 0 Å². The Morgan fingerprint density at radius 3 is 2.92 bits per heavy atom. The number of fused-ring (bicyclic) bond motifs is 1. The number of piperidine rings is 1. The van der Waals surface area contributed by atoms with Crippen LogP contribution in [0, 0.1) is 24.2 Å². The summed E-state index contributed by atoms with van der Waals surface area (Å²) < 4.78 is 0. The zero-order chi connectivity index (χ0) is 17.3. The predicted molar refractivity (Wildman–Crippen MR) is 93.8 cm³/mol. The summed E-state index contributed by atoms with van der Waals surface area (Å²) in [6.07, 6.45) is 4.35. The molecule has 3 heterocycles. The van der Waals surface area contributed by atoms with Gasteiger partial charge in [0.05, 0.1) is 12.2 Å². The zero-order valence-electron chi connectivity index (χ0n) is 15.0. The first kappa shape index (κ1) is 17.4. The summed E-state index contributed by atoms with van der Waals surface area (Å²) >= 11 is 0. The molecular formula is C19H29N3O2. The molecule has 3 rings (SSSR count). The third-order valence-corrected chi connectivity index (χ3v) is 5.71. The Bertz CT molecular complexity index is 604. The molecule has 5 heteroatoms. The molecule has 0 aliphatic carbocycles. The van der Waals surface area contributed by atoms with Crippen molar-refractivity contribution >= 4 is 5.91 Å². The van der Waals surface area contributed by atoms with Gasteiger partial charge in [0, 0.05) is 44.0 Å². The van der Waals surface area contributed by atoms with E-state index in [0.29, 0.717) is 23.9 Å². The van der Waals surface area contributed by atoms with E-state index in [1.54, 1.807) is 12.4 Å². The smallest absolute Gasteiger partial charge is 0.255 e. The molecule has 2 atom stereocenters. The lowest BCUT2D eigenvalue weighted by Gasteiger charge is -2.42. The molecule has 2 aliphatic rings. The molecule has 1 aromatic heterocycles. The van der Waals surface area contributed by atoms with Gasteiger partial charge in [0.1, 0.15) is 0 Å². The molecule has 2 saturated heterocycles. The topological polar surface area (TPSA) is 56.7 Å². The number of aryl methyl sites for hydroxylation is 1. The molecule has 0 bridgehead atoms. The van der Waals surface area contributed by atoms with Gasteiger partial charge >= 0.3 is 0 Å². The van der Waals surface area contributed by atoms with Gasteiger partial charge in [-0.1, -0.05) is 13.8 Å². The first-order valence-corrected chi connectivity index (χ1v) is 8.98. The second-order valence-electron chi connectivity index (χ2n) is 8.00. The number of carbonyl (C=O) groups excluding carboxylic acids is 1. The van der Waals surface area contributed by atoms with Crippen molar-refractivity contribution in [3.8, 4) is 0 Å². The normalized spacial score (nSPS) is 27.5. The van der Waals surface area contributed by atoms with Crippen molar-refractivity contribution in [2.45, 2.75) is 27.2 Å². The van der Waals surface area contributed by atoms with Gasteiger partial charge in [0.2, 0.25) is 0 Å². The van der Waals surface area contributed by atoms with Crippen LogP contribution in [0.1, 0.15) is 36.2 Å². The van der Waals surface area contributed by atoms with Gasteiger partial charge in [0.15, 0.2) is 0 Å². The number of nitrogens with zero attached hydrogens (tertiary/aromatic N) is 3. The van der Waals surface area contributed by atoms with Gasteiger partial charge < -0.3 is 14.9 Å². The first-order valence-electron chi connectivity index (χ1n) is 8.98. The lowest BCUT2D eigenvalue weighted by Crippen LogP contribution is -2.49. The molecular weight excluding hydrogens is 302 g/mol. The molecule has 0 aromatic carbocycles. The highest BCUT2D eigenvalue weighted by molar-refractivity contribution is 5.95. The number of hydrogen-bond acceptors (Lipinski definition) is 4. The maximum Gasteiger partial charge on any atom is 0.255 e. The highest BCUT2D eigenvalue weighted by Crippen LogP contribution is 2.43. The summed E-state index contributed by atoms with van der Waals surface area (Å²) in [5, 5.41) is 10.1. The summed E-state index contributed by atoms with van der Waals surface area (Å²) in [4.78, 5) is 21.5. The molecule has 2 aliphatic heterocycles. The number of aliphatic hydroxyl groups excluding tert-OH is 1. The van der Waals surface area contributed by atoms with Gasteiger partial charge in [-0.2, -0.15) is 0 Å². The third-order valence-electron chi connectivity index (χ3n) is 5.71. The first-order chi connectivity index (χ1) is 11.4. The lowest BCUT2D eigenvalue weighted by molar-refractivity contribution is 0.0153. The van der Waals surface area contributed by atoms with Crippen molar-refractivity contribution in [2.75, 3.05) is 39.3 Å². The minimum Gasteiger partial charge on any atom is -0.396 e. The molecule has 0 saturated carbocycles. The minimum atomic E-state index is -0.126. The number of rotatable bonds is 4. The molecule has 132 valence electrons. The van der Waals surface area contributed by atoms with Gasteiger partial charge in [-0.25, -0.2) is 0 Å². The Labute approximate surface area is 144 Å². The Balaban J connectivity index is 1.75. The monoisotopic (exact) mass is 331 g/mol. The molecule has 5 nitrogen and oxygen atoms in total. The SMILES string of the molecule is Cc1ccncc1C(=O)N1C[C@@H]2CN(CC(C)C)CC[C@]2(CO)C1. The van der Waals surface area contributed by atoms with E-state index >= 15 is 0 Å². The molecule has 1 N–H and O–H groups in total. The van der Waals surface area contributed by atoms with E-state index < -0.39 is 0 Å². The largest absolute Gasteiger partial charge is 0.396 e. The van der Waals surface area contributed by atoms with Crippen LogP contribution < -0.4 is 0 Å². The standard InChI is InChI=1S/C19H29N3O2/c1-14(2)9-21-7-5-19(13-23)12-22(11-16(19)10-21)18(24)17-8-20-6-4-15(17)3/h4,6,8,14,16,23H,5,7,9-13H2,1-3H3/t16-,19+/m0/s1. The summed E-state index contributed by atoms with van der Waals surface area (Å²) in [6.45, 7) is 11.1. The van der Waals surface area contributed by atoms with E-state index in [1.807, 2.05) is 17.9 Å². The van der Waals surface area contributed by atoms with Gasteiger partial charge in [0.25, 0.3) is 5.91 Å². The molecule has 1 amide bonds. The molecule has 0 unspecified atom stereocenters. The van der Waals surface area contributed by atoms with E-state index in [9.17, 15) is 9.90 Å². The quantitative estimate of drug-likeness (QED) is 0.914. The Hall–Kier alpha value is -1.46. The average molecular weight is 331 g/mol. The van der Waals surface area contributed by atoms with Crippen molar-refractivity contribution in [1.29, 1.82) is 0 Å². The molecule has 24 heavy (non-hydrogen) atoms. The van der Waals surface area contributed by atoms with E-state index in [-0.39, 0.29) is 17.9 Å². The second-order valence-corrected chi connectivity index (χ2v) is 8.00. The fraction of sp³-hybridized carbons (Fsp3) is 0.684. The van der Waals surface area contributed by atoms with Crippen molar-refractivity contribution in [2.24, 2.45) is 17.3 Å². The molecule has 2 fully saturated rings. The predicted octanol–water partition coefficient (Wildman–Crippen LogP) is 1.80. The summed E-state index contributed by atoms with van der Waals surface area (Å²) in [7, 11) is 0. The van der Waals surface area contributed by atoms with Crippen LogP contribution in [-0.4, -0.2) is 65.1 Å². The minimum absolute atomic E-state index is 0.0539. The number of amides is 1. The van der Waals surface area contributed by atoms with E-state index in [2.05, 4.69) is 23.7 Å². The van der Waals surface area contributed by atoms with Gasteiger partial charge in [-0.3, -0.25) is 9.78 Å². The zero-order valence-corrected chi connectivity index (χ0v) is 15.0. The van der Waals surface area contributed by atoms with Gasteiger partial charge in [-0.05, 0) is 43.4 Å². The Morgan fingerprint density at radius 1 is 1.46 bits per heavy atom. The van der Waals surface area contributed by atoms with Crippen LogP contribution in [0.2, 0.25) is 0 Å². The van der Waals surface area contributed by atoms with E-state index in [0.717, 1.165) is 38.2 Å². The van der Waals surface area contributed by atoms with Crippen LogP contribution in [0.4, 0.5) is 0 Å². The van der Waals surface area contributed by atoms with E-state index in [4.69, 9.17) is 0 Å². The number of pyridine rings is 1. The fourth-order valence-corrected chi connectivity index (χ4v) is 4.31. The number of carbonyl (C=O) groups is 1. The Kier molecular flexibility index (Phi) is 4.92. The number of aliphatic hydroxyl groups is 1. The number of hydrogen-bond donors (Lipinski definition) is 1. The Morgan fingerprint density at radius 2 is 2.25 bits per heavy atom. The maximum atomic E-state index is 12.9. The van der Waals surface area contributed by atoms with Crippen LogP contribution >= 0.6 is 0 Å². The van der Waals surface area contributed by atoms with Crippen molar-refractivity contribution in [1.82, 2.24) is 14.8 Å². The van der Waals surface area contributed by atoms with Crippen LogP contribution in [0.5, 0.6) is 0 Å². The second kappa shape index (κ2) is 6.81. The van der Waals surface area contributed by atoms with Crippen molar-refractivity contribution < 1.29 is 9.90 Å². The average Bonchev–Trinajstić information content (AvgIpc) is 2.93. The summed E-state index contributed by atoms with van der Waals surface area (Å²) in [5.41, 5.74) is 1.52. The molecule has 0 spiro atoms. The summed E-state index contributed by atoms with van der Waals surface area (Å²) in [6, 6.07) is 1.88. The maximum absolute atomic E-state index is 12.9. The van der Waals surface area contributed by atoms with E-state index in [1.165, 1.54) is 0 Å². The number of aromatic nitrogens is 1. The lowest BCUT2D eigenvalue weighted by atomic mass is 9.73. The van der Waals surface area contributed by atoms with Crippen LogP contribution in [0.15, 0.2) is 18.5 Å². The van der Waals surface area contributed by atoms with Crippen molar-refractivity contribution in [3.05, 3.63) is 29.6 Å². The highest BCUT2D eigenvalue weighted by atomic mass is 16.3. The molecule has 1 aromatic rings. The van der Waals surface area contributed by atoms with Crippen LogP contribution in [-0.2, 0) is 0 Å². The highest BCUT2D eigenvalue weighted by Gasteiger charge is 2.50. The van der Waals surface area contributed by atoms with Crippen molar-refractivity contribution in [3.63, 3.8) is 0 Å². The van der Waals surface area contributed by atoms with Crippen LogP contribution in [0.25, 0.3) is 0 Å². The third kappa shape index (κ3) is 3.20. The fourth-order valence-electron chi connectivity index (χ4n) is 4.31. The summed E-state index contributed by atoms with van der Waals surface area (Å²) in [5.74, 6) is 1.05.